The van der Waals surface area contributed by atoms with E-state index in [1.165, 1.54) is 19.3 Å². The van der Waals surface area contributed by atoms with Crippen molar-refractivity contribution in [3.8, 4) is 0 Å². The van der Waals surface area contributed by atoms with Gasteiger partial charge < -0.3 is 5.11 Å². The Balaban J connectivity index is 1.96. The minimum Gasteiger partial charge on any atom is -0.392 e. The summed E-state index contributed by atoms with van der Waals surface area (Å²) in [5.41, 5.74) is 0. The summed E-state index contributed by atoms with van der Waals surface area (Å²) < 4.78 is 0. The first-order chi connectivity index (χ1) is 4.77. The summed E-state index contributed by atoms with van der Waals surface area (Å²) in [6, 6.07) is 0. The van der Waals surface area contributed by atoms with Gasteiger partial charge in [0, 0.05) is 4.83 Å². The molecule has 0 heterocycles. The fourth-order valence-electron chi connectivity index (χ4n) is 2.16. The molecule has 2 fully saturated rings. The molecule has 2 aliphatic carbocycles. The topological polar surface area (TPSA) is 20.2 Å². The molecule has 0 amide bonds. The molecule has 4 atom stereocenters. The molecule has 0 saturated heterocycles. The van der Waals surface area contributed by atoms with E-state index >= 15 is 0 Å². The third-order valence-electron chi connectivity index (χ3n) is 3.06. The van der Waals surface area contributed by atoms with E-state index in [4.69, 9.17) is 0 Å². The zero-order valence-corrected chi connectivity index (χ0v) is 7.55. The maximum atomic E-state index is 9.45. The molecule has 0 aromatic heterocycles. The highest BCUT2D eigenvalue weighted by molar-refractivity contribution is 9.09. The fraction of sp³-hybridized carbons (Fsp3) is 1.00. The standard InChI is InChI=1S/C8H13BrO/c9-7-3-5-1-2-6(5)4-8(7)10/h5-8,10H,1-4H2/t5-,6-,7-,8-/m1/s1. The second-order valence-corrected chi connectivity index (χ2v) is 4.83. The van der Waals surface area contributed by atoms with Gasteiger partial charge in [-0.25, -0.2) is 0 Å². The van der Waals surface area contributed by atoms with Crippen molar-refractivity contribution in [3.05, 3.63) is 0 Å². The lowest BCUT2D eigenvalue weighted by Crippen LogP contribution is -2.40. The third-order valence-corrected chi connectivity index (χ3v) is 4.05. The van der Waals surface area contributed by atoms with Gasteiger partial charge in [0.1, 0.15) is 0 Å². The van der Waals surface area contributed by atoms with Crippen LogP contribution in [0.25, 0.3) is 0 Å². The number of fused-ring (bicyclic) bond motifs is 1. The van der Waals surface area contributed by atoms with Crippen LogP contribution in [0.4, 0.5) is 0 Å². The van der Waals surface area contributed by atoms with E-state index in [0.717, 1.165) is 18.3 Å². The number of aliphatic hydroxyl groups is 1. The maximum Gasteiger partial charge on any atom is 0.0668 e. The lowest BCUT2D eigenvalue weighted by molar-refractivity contribution is 0.0257. The molecule has 0 aliphatic heterocycles. The van der Waals surface area contributed by atoms with Crippen LogP contribution < -0.4 is 0 Å². The smallest absolute Gasteiger partial charge is 0.0668 e. The largest absolute Gasteiger partial charge is 0.392 e. The van der Waals surface area contributed by atoms with Crippen molar-refractivity contribution < 1.29 is 5.11 Å². The Bertz CT molecular complexity index is 117. The molecule has 0 aromatic rings. The molecule has 10 heavy (non-hydrogen) atoms. The summed E-state index contributed by atoms with van der Waals surface area (Å²) in [6.45, 7) is 0. The molecule has 2 saturated carbocycles. The Morgan fingerprint density at radius 2 is 1.70 bits per heavy atom. The van der Waals surface area contributed by atoms with Crippen molar-refractivity contribution in [2.75, 3.05) is 0 Å². The highest BCUT2D eigenvalue weighted by atomic mass is 79.9. The number of hydrogen-bond donors (Lipinski definition) is 1. The molecule has 0 radical (unpaired) electrons. The lowest BCUT2D eigenvalue weighted by Gasteiger charge is -2.44. The van der Waals surface area contributed by atoms with Crippen LogP contribution >= 0.6 is 15.9 Å². The molecular weight excluding hydrogens is 192 g/mol. The molecule has 58 valence electrons. The Kier molecular flexibility index (Phi) is 1.77. The van der Waals surface area contributed by atoms with Crippen molar-refractivity contribution >= 4 is 15.9 Å². The van der Waals surface area contributed by atoms with E-state index in [1.807, 2.05) is 0 Å². The number of halogens is 1. The van der Waals surface area contributed by atoms with Gasteiger partial charge in [0.15, 0.2) is 0 Å². The zero-order chi connectivity index (χ0) is 7.14. The lowest BCUT2D eigenvalue weighted by atomic mass is 9.65. The Hall–Kier alpha value is 0.440. The summed E-state index contributed by atoms with van der Waals surface area (Å²) >= 11 is 3.51. The van der Waals surface area contributed by atoms with Crippen molar-refractivity contribution in [1.29, 1.82) is 0 Å². The van der Waals surface area contributed by atoms with Gasteiger partial charge >= 0.3 is 0 Å². The molecule has 0 bridgehead atoms. The zero-order valence-electron chi connectivity index (χ0n) is 5.96. The van der Waals surface area contributed by atoms with E-state index < -0.39 is 0 Å². The first-order valence-corrected chi connectivity index (χ1v) is 5.01. The molecule has 0 spiro atoms. The van der Waals surface area contributed by atoms with E-state index in [-0.39, 0.29) is 6.10 Å². The van der Waals surface area contributed by atoms with Crippen LogP contribution in [0.3, 0.4) is 0 Å². The van der Waals surface area contributed by atoms with Crippen molar-refractivity contribution in [2.24, 2.45) is 11.8 Å². The summed E-state index contributed by atoms with van der Waals surface area (Å²) in [4.78, 5) is 0.383. The minimum atomic E-state index is -0.0680. The molecule has 2 aliphatic rings. The second kappa shape index (κ2) is 2.49. The Labute approximate surface area is 69.9 Å². The van der Waals surface area contributed by atoms with Gasteiger partial charge in [0.2, 0.25) is 0 Å². The first kappa shape index (κ1) is 7.11. The van der Waals surface area contributed by atoms with Crippen molar-refractivity contribution in [3.63, 3.8) is 0 Å². The predicted molar refractivity (Wildman–Crippen MR) is 44.2 cm³/mol. The summed E-state index contributed by atoms with van der Waals surface area (Å²) in [5.74, 6) is 1.80. The van der Waals surface area contributed by atoms with Crippen LogP contribution in [0.1, 0.15) is 25.7 Å². The minimum absolute atomic E-state index is 0.0680. The van der Waals surface area contributed by atoms with Crippen LogP contribution in [-0.4, -0.2) is 16.0 Å². The van der Waals surface area contributed by atoms with Gasteiger partial charge in [-0.05, 0) is 37.5 Å². The Morgan fingerprint density at radius 1 is 1.10 bits per heavy atom. The number of aliphatic hydroxyl groups excluding tert-OH is 1. The maximum absolute atomic E-state index is 9.45. The first-order valence-electron chi connectivity index (χ1n) is 4.09. The average Bonchev–Trinajstić information content (AvgIpc) is 1.89. The predicted octanol–water partition coefficient (Wildman–Crippen LogP) is 1.93. The quantitative estimate of drug-likeness (QED) is 0.599. The number of rotatable bonds is 0. The van der Waals surface area contributed by atoms with Gasteiger partial charge in [0.05, 0.1) is 6.10 Å². The van der Waals surface area contributed by atoms with Gasteiger partial charge in [0.25, 0.3) is 0 Å². The molecule has 1 nitrogen and oxygen atoms in total. The van der Waals surface area contributed by atoms with Crippen molar-refractivity contribution in [2.45, 2.75) is 36.6 Å². The number of alkyl halides is 1. The Morgan fingerprint density at radius 3 is 2.20 bits per heavy atom. The van der Waals surface area contributed by atoms with E-state index in [2.05, 4.69) is 15.9 Å². The molecule has 1 N–H and O–H groups in total. The third kappa shape index (κ3) is 1.02. The molecule has 2 heteroatoms. The van der Waals surface area contributed by atoms with Gasteiger partial charge in [-0.1, -0.05) is 15.9 Å². The van der Waals surface area contributed by atoms with Crippen LogP contribution in [0, 0.1) is 11.8 Å². The highest BCUT2D eigenvalue weighted by Gasteiger charge is 2.39. The van der Waals surface area contributed by atoms with Gasteiger partial charge in [-0.2, -0.15) is 0 Å². The summed E-state index contributed by atoms with van der Waals surface area (Å²) in [7, 11) is 0. The highest BCUT2D eigenvalue weighted by Crippen LogP contribution is 2.46. The normalized spacial score (nSPS) is 53.4. The molecular formula is C8H13BrO. The average molecular weight is 205 g/mol. The molecule has 2 rings (SSSR count). The van der Waals surface area contributed by atoms with Crippen LogP contribution in [0.15, 0.2) is 0 Å². The summed E-state index contributed by atoms with van der Waals surface area (Å²) in [5, 5.41) is 9.45. The van der Waals surface area contributed by atoms with Gasteiger partial charge in [-0.15, -0.1) is 0 Å². The number of hydrogen-bond acceptors (Lipinski definition) is 1. The summed E-state index contributed by atoms with van der Waals surface area (Å²) in [6.07, 6.45) is 4.94. The second-order valence-electron chi connectivity index (χ2n) is 3.65. The SMILES string of the molecule is O[C@@H]1C[C@H]2CC[C@@H]2C[C@H]1Br. The molecule has 0 aromatic carbocycles. The van der Waals surface area contributed by atoms with Crippen LogP contribution in [0.5, 0.6) is 0 Å². The van der Waals surface area contributed by atoms with E-state index in [9.17, 15) is 5.11 Å². The van der Waals surface area contributed by atoms with Gasteiger partial charge in [-0.3, -0.25) is 0 Å². The monoisotopic (exact) mass is 204 g/mol. The van der Waals surface area contributed by atoms with Crippen molar-refractivity contribution in [1.82, 2.24) is 0 Å². The van der Waals surface area contributed by atoms with Crippen LogP contribution in [-0.2, 0) is 0 Å². The molecule has 0 unspecified atom stereocenters. The fourth-order valence-corrected chi connectivity index (χ4v) is 2.86. The van der Waals surface area contributed by atoms with Crippen LogP contribution in [0.2, 0.25) is 0 Å². The van der Waals surface area contributed by atoms with E-state index in [1.54, 1.807) is 0 Å². The van der Waals surface area contributed by atoms with E-state index in [0.29, 0.717) is 4.83 Å².